The molecule has 0 spiro atoms. The molecule has 0 radical (unpaired) electrons. The first-order valence-corrected chi connectivity index (χ1v) is 14.2. The third kappa shape index (κ3) is 3.57. The number of hydrogen-bond acceptors (Lipinski definition) is 2. The van der Waals surface area contributed by atoms with Gasteiger partial charge in [-0.1, -0.05) is 105 Å². The first-order chi connectivity index (χ1) is 20.1. The molecule has 0 unspecified atom stereocenters. The van der Waals surface area contributed by atoms with Crippen LogP contribution in [0.15, 0.2) is 134 Å². The summed E-state index contributed by atoms with van der Waals surface area (Å²) in [6.07, 6.45) is 3.83. The summed E-state index contributed by atoms with van der Waals surface area (Å²) in [6, 6.07) is 43.7. The van der Waals surface area contributed by atoms with Crippen molar-refractivity contribution in [1.82, 2.24) is 9.97 Å². The van der Waals surface area contributed by atoms with Crippen LogP contribution < -0.4 is 0 Å². The van der Waals surface area contributed by atoms with E-state index in [0.29, 0.717) is 0 Å². The maximum atomic E-state index is 4.89. The molecule has 0 saturated carbocycles. The number of pyridine rings is 2. The predicted octanol–water partition coefficient (Wildman–Crippen LogP) is 10.1. The fourth-order valence-corrected chi connectivity index (χ4v) is 6.81. The minimum Gasteiger partial charge on any atom is -0.255 e. The molecule has 0 N–H and O–H groups in total. The molecule has 0 fully saturated rings. The van der Waals surface area contributed by atoms with E-state index in [2.05, 4.69) is 122 Å². The zero-order valence-electron chi connectivity index (χ0n) is 23.1. The summed E-state index contributed by atoms with van der Waals surface area (Å²) in [4.78, 5) is 9.40. The van der Waals surface area contributed by atoms with Crippen molar-refractivity contribution in [3.63, 3.8) is 0 Å². The first kappa shape index (κ1) is 23.8. The van der Waals surface area contributed by atoms with Crippen LogP contribution >= 0.6 is 0 Å². The van der Waals surface area contributed by atoms with Gasteiger partial charge in [0.2, 0.25) is 0 Å². The van der Waals surface area contributed by atoms with Crippen LogP contribution in [0.5, 0.6) is 0 Å². The molecule has 41 heavy (non-hydrogen) atoms. The molecule has 8 rings (SSSR count). The highest BCUT2D eigenvalue weighted by Gasteiger charge is 2.36. The third-order valence-corrected chi connectivity index (χ3v) is 8.77. The smallest absolute Gasteiger partial charge is 0.0886 e. The van der Waals surface area contributed by atoms with Crippen molar-refractivity contribution in [3.8, 4) is 44.8 Å². The van der Waals surface area contributed by atoms with E-state index in [1.54, 1.807) is 0 Å². The molecule has 7 aromatic rings. The van der Waals surface area contributed by atoms with Crippen LogP contribution in [0.4, 0.5) is 0 Å². The van der Waals surface area contributed by atoms with Crippen molar-refractivity contribution in [2.45, 2.75) is 19.3 Å². The van der Waals surface area contributed by atoms with E-state index in [1.165, 1.54) is 60.5 Å². The van der Waals surface area contributed by atoms with Gasteiger partial charge in [0.1, 0.15) is 0 Å². The standard InChI is InChI=1S/C39H28N2/c1-39(2)33-17-9-8-14-27(33)30-22-31-32(23-34(30)39)37(25-12-4-3-5-13-25)28-15-6-7-16-29(28)38(31)26-19-20-36(41-24-26)35-18-10-11-21-40-35/h3-24H,1-2H3. The van der Waals surface area contributed by atoms with E-state index in [0.717, 1.165) is 17.0 Å². The average molecular weight is 525 g/mol. The highest BCUT2D eigenvalue weighted by molar-refractivity contribution is 6.22. The van der Waals surface area contributed by atoms with Gasteiger partial charge in [0, 0.05) is 23.4 Å². The van der Waals surface area contributed by atoms with Gasteiger partial charge in [-0.05, 0) is 90.8 Å². The zero-order valence-corrected chi connectivity index (χ0v) is 23.1. The lowest BCUT2D eigenvalue weighted by molar-refractivity contribution is 0.661. The Hall–Kier alpha value is -5.08. The van der Waals surface area contributed by atoms with Crippen molar-refractivity contribution >= 4 is 21.5 Å². The lowest BCUT2D eigenvalue weighted by Gasteiger charge is -2.23. The second-order valence-corrected chi connectivity index (χ2v) is 11.4. The maximum absolute atomic E-state index is 4.89. The van der Waals surface area contributed by atoms with Gasteiger partial charge in [-0.2, -0.15) is 0 Å². The molecule has 1 aliphatic rings. The molecule has 0 amide bonds. The summed E-state index contributed by atoms with van der Waals surface area (Å²) in [7, 11) is 0. The molecule has 1 aliphatic carbocycles. The Kier molecular flexibility index (Phi) is 5.20. The molecule has 0 saturated heterocycles. The molecule has 2 heteroatoms. The van der Waals surface area contributed by atoms with Crippen LogP contribution in [0.2, 0.25) is 0 Å². The van der Waals surface area contributed by atoms with Crippen LogP contribution in [0.1, 0.15) is 25.0 Å². The Morgan fingerprint density at radius 2 is 1.12 bits per heavy atom. The summed E-state index contributed by atoms with van der Waals surface area (Å²) in [5, 5.41) is 5.01. The fourth-order valence-electron chi connectivity index (χ4n) is 6.81. The van der Waals surface area contributed by atoms with Gasteiger partial charge in [0.05, 0.1) is 11.4 Å². The number of nitrogens with zero attached hydrogens (tertiary/aromatic N) is 2. The molecule has 0 bridgehead atoms. The molecular weight excluding hydrogens is 496 g/mol. The molecule has 2 aromatic heterocycles. The van der Waals surface area contributed by atoms with Gasteiger partial charge < -0.3 is 0 Å². The highest BCUT2D eigenvalue weighted by atomic mass is 14.8. The van der Waals surface area contributed by atoms with Gasteiger partial charge in [0.15, 0.2) is 0 Å². The number of fused-ring (bicyclic) bond motifs is 5. The summed E-state index contributed by atoms with van der Waals surface area (Å²) in [5.74, 6) is 0. The normalized spacial score (nSPS) is 13.3. The van der Waals surface area contributed by atoms with E-state index >= 15 is 0 Å². The van der Waals surface area contributed by atoms with Gasteiger partial charge in [0.25, 0.3) is 0 Å². The Labute approximate surface area is 240 Å². The number of hydrogen-bond donors (Lipinski definition) is 0. The number of aromatic nitrogens is 2. The van der Waals surface area contributed by atoms with E-state index in [-0.39, 0.29) is 5.41 Å². The Bertz CT molecular complexity index is 2090. The van der Waals surface area contributed by atoms with Gasteiger partial charge in [-0.15, -0.1) is 0 Å². The van der Waals surface area contributed by atoms with Crippen molar-refractivity contribution in [2.75, 3.05) is 0 Å². The van der Waals surface area contributed by atoms with E-state index in [4.69, 9.17) is 4.98 Å². The highest BCUT2D eigenvalue weighted by Crippen LogP contribution is 2.53. The topological polar surface area (TPSA) is 25.8 Å². The lowest BCUT2D eigenvalue weighted by atomic mass is 9.79. The lowest BCUT2D eigenvalue weighted by Crippen LogP contribution is -2.14. The maximum Gasteiger partial charge on any atom is 0.0886 e. The molecular formula is C39H28N2. The van der Waals surface area contributed by atoms with Gasteiger partial charge in [-0.25, -0.2) is 0 Å². The van der Waals surface area contributed by atoms with E-state index in [9.17, 15) is 0 Å². The molecule has 2 nitrogen and oxygen atoms in total. The molecule has 0 atom stereocenters. The van der Waals surface area contributed by atoms with Crippen LogP contribution in [-0.4, -0.2) is 9.97 Å². The van der Waals surface area contributed by atoms with Gasteiger partial charge in [-0.3, -0.25) is 9.97 Å². The molecule has 0 aliphatic heterocycles. The predicted molar refractivity (Wildman–Crippen MR) is 171 cm³/mol. The van der Waals surface area contributed by atoms with Crippen molar-refractivity contribution in [1.29, 1.82) is 0 Å². The largest absolute Gasteiger partial charge is 0.255 e. The van der Waals surface area contributed by atoms with Gasteiger partial charge >= 0.3 is 0 Å². The van der Waals surface area contributed by atoms with Crippen LogP contribution in [0.25, 0.3) is 66.3 Å². The number of rotatable bonds is 3. The Morgan fingerprint density at radius 1 is 0.463 bits per heavy atom. The van der Waals surface area contributed by atoms with E-state index < -0.39 is 0 Å². The van der Waals surface area contributed by atoms with Crippen molar-refractivity contribution in [2.24, 2.45) is 0 Å². The first-order valence-electron chi connectivity index (χ1n) is 14.2. The quantitative estimate of drug-likeness (QED) is 0.215. The fraction of sp³-hybridized carbons (Fsp3) is 0.0769. The van der Waals surface area contributed by atoms with Crippen LogP contribution in [0.3, 0.4) is 0 Å². The Balaban J connectivity index is 1.49. The van der Waals surface area contributed by atoms with Crippen molar-refractivity contribution < 1.29 is 0 Å². The SMILES string of the molecule is CC1(C)c2ccccc2-c2cc3c(-c4ccc(-c5ccccn5)nc4)c4ccccc4c(-c4ccccc4)c3cc21. The monoisotopic (exact) mass is 524 g/mol. The summed E-state index contributed by atoms with van der Waals surface area (Å²) >= 11 is 0. The van der Waals surface area contributed by atoms with E-state index in [1.807, 2.05) is 30.6 Å². The molecule has 194 valence electrons. The second kappa shape index (κ2) is 8.97. The summed E-state index contributed by atoms with van der Waals surface area (Å²) in [5.41, 5.74) is 12.0. The Morgan fingerprint density at radius 3 is 1.85 bits per heavy atom. The second-order valence-electron chi connectivity index (χ2n) is 11.4. The minimum absolute atomic E-state index is 0.0776. The van der Waals surface area contributed by atoms with Crippen LogP contribution in [0, 0.1) is 0 Å². The van der Waals surface area contributed by atoms with Crippen molar-refractivity contribution in [3.05, 3.63) is 145 Å². The molecule has 5 aromatic carbocycles. The summed E-state index contributed by atoms with van der Waals surface area (Å²) in [6.45, 7) is 4.71. The third-order valence-electron chi connectivity index (χ3n) is 8.77. The number of benzene rings is 5. The average Bonchev–Trinajstić information content (AvgIpc) is 3.25. The molecule has 2 heterocycles. The minimum atomic E-state index is -0.0776. The zero-order chi connectivity index (χ0) is 27.6. The summed E-state index contributed by atoms with van der Waals surface area (Å²) < 4.78 is 0. The van der Waals surface area contributed by atoms with Crippen LogP contribution in [-0.2, 0) is 5.41 Å².